The van der Waals surface area contributed by atoms with E-state index in [1.165, 1.54) is 142 Å². The van der Waals surface area contributed by atoms with Crippen molar-refractivity contribution in [2.75, 3.05) is 0 Å². The molecule has 0 bridgehead atoms. The van der Waals surface area contributed by atoms with E-state index in [1.54, 1.807) is 0 Å². The molecule has 0 amide bonds. The Morgan fingerprint density at radius 2 is 0.655 bits per heavy atom. The number of carboxylic acid groups (broad SMARTS) is 1. The molecule has 0 rings (SSSR count). The predicted octanol–water partition coefficient (Wildman–Crippen LogP) is 9.87. The molecule has 0 fully saturated rings. The van der Waals surface area contributed by atoms with Crippen LogP contribution in [0.5, 0.6) is 0 Å². The molecule has 0 saturated heterocycles. The first-order valence-electron chi connectivity index (χ1n) is 12.9. The van der Waals surface area contributed by atoms with Crippen molar-refractivity contribution in [3.05, 3.63) is 12.2 Å². The Bertz CT molecular complexity index is 303. The number of hydrogen-bond acceptors (Lipinski definition) is 1. The molecule has 1 N–H and O–H groups in total. The average Bonchev–Trinajstić information content (AvgIpc) is 2.70. The highest BCUT2D eigenvalue weighted by Gasteiger charge is 1.95. The van der Waals surface area contributed by atoms with Gasteiger partial charge in [-0.3, -0.25) is 0 Å². The van der Waals surface area contributed by atoms with E-state index in [-0.39, 0.29) is 5.57 Å². The van der Waals surface area contributed by atoms with Gasteiger partial charge in [0.05, 0.1) is 0 Å². The Labute approximate surface area is 183 Å². The second kappa shape index (κ2) is 27.2. The highest BCUT2D eigenvalue weighted by Crippen LogP contribution is 2.14. The minimum atomic E-state index is -0.935. The molecule has 0 aromatic heterocycles. The van der Waals surface area contributed by atoms with Gasteiger partial charge in [-0.15, -0.1) is 0 Å². The molecule has 174 valence electrons. The fourth-order valence-electron chi connectivity index (χ4n) is 3.51. The van der Waals surface area contributed by atoms with Crippen LogP contribution < -0.4 is 0 Å². The molecule has 29 heavy (non-hydrogen) atoms. The van der Waals surface area contributed by atoms with Gasteiger partial charge >= 0.3 is 5.97 Å². The van der Waals surface area contributed by atoms with Crippen molar-refractivity contribution in [3.8, 4) is 0 Å². The van der Waals surface area contributed by atoms with E-state index in [2.05, 4.69) is 20.4 Å². The fraction of sp³-hybridized carbons (Fsp3) is 0.889. The lowest BCUT2D eigenvalue weighted by atomic mass is 10.0. The monoisotopic (exact) mass is 410 g/mol. The van der Waals surface area contributed by atoms with Crippen molar-refractivity contribution in [2.24, 2.45) is 0 Å². The summed E-state index contributed by atoms with van der Waals surface area (Å²) in [6, 6.07) is 0. The Morgan fingerprint density at radius 1 is 0.517 bits per heavy atom. The first kappa shape index (κ1) is 30.4. The Balaban J connectivity index is 0. The second-order valence-corrected chi connectivity index (χ2v) is 8.80. The van der Waals surface area contributed by atoms with Gasteiger partial charge in [0.25, 0.3) is 0 Å². The van der Waals surface area contributed by atoms with E-state index in [0.29, 0.717) is 0 Å². The van der Waals surface area contributed by atoms with Crippen LogP contribution in [0, 0.1) is 0 Å². The Morgan fingerprint density at radius 3 is 0.759 bits per heavy atom. The lowest BCUT2D eigenvalue weighted by Crippen LogP contribution is -1.92. The van der Waals surface area contributed by atoms with Crippen LogP contribution in [0.25, 0.3) is 0 Å². The van der Waals surface area contributed by atoms with Gasteiger partial charge in [0, 0.05) is 5.57 Å². The molecule has 0 atom stereocenters. The van der Waals surface area contributed by atoms with Crippen LogP contribution in [-0.4, -0.2) is 11.1 Å². The molecule has 0 aromatic rings. The number of aliphatic carboxylic acids is 1. The maximum absolute atomic E-state index is 9.60. The molecule has 0 aliphatic carbocycles. The first-order chi connectivity index (χ1) is 14.1. The molecule has 2 heteroatoms. The van der Waals surface area contributed by atoms with Gasteiger partial charge in [0.15, 0.2) is 0 Å². The summed E-state index contributed by atoms with van der Waals surface area (Å²) in [4.78, 5) is 9.60. The third-order valence-electron chi connectivity index (χ3n) is 5.57. The largest absolute Gasteiger partial charge is 0.478 e. The number of hydrogen-bond donors (Lipinski definition) is 1. The predicted molar refractivity (Wildman–Crippen MR) is 131 cm³/mol. The van der Waals surface area contributed by atoms with Crippen molar-refractivity contribution in [3.63, 3.8) is 0 Å². The number of carboxylic acids is 1. The summed E-state index contributed by atoms with van der Waals surface area (Å²) < 4.78 is 0. The zero-order chi connectivity index (χ0) is 22.0. The van der Waals surface area contributed by atoms with Crippen molar-refractivity contribution in [1.82, 2.24) is 0 Å². The molecule has 0 spiro atoms. The quantitative estimate of drug-likeness (QED) is 0.151. The maximum atomic E-state index is 9.60. The minimum Gasteiger partial charge on any atom is -0.478 e. The molecular weight excluding hydrogens is 356 g/mol. The molecule has 0 heterocycles. The van der Waals surface area contributed by atoms with Crippen LogP contribution >= 0.6 is 0 Å². The van der Waals surface area contributed by atoms with Crippen molar-refractivity contribution >= 4 is 5.97 Å². The third-order valence-corrected chi connectivity index (χ3v) is 5.57. The number of carbonyl (C=O) groups is 1. The van der Waals surface area contributed by atoms with E-state index in [0.717, 1.165) is 0 Å². The topological polar surface area (TPSA) is 37.3 Å². The van der Waals surface area contributed by atoms with E-state index in [9.17, 15) is 4.79 Å². The summed E-state index contributed by atoms with van der Waals surface area (Å²) in [5, 5.41) is 7.89. The van der Waals surface area contributed by atoms with E-state index < -0.39 is 5.97 Å². The Kier molecular flexibility index (Phi) is 28.5. The lowest BCUT2D eigenvalue weighted by molar-refractivity contribution is -0.132. The molecule has 0 aromatic carbocycles. The molecule has 0 saturated carbocycles. The van der Waals surface area contributed by atoms with Crippen molar-refractivity contribution < 1.29 is 9.90 Å². The summed E-state index contributed by atoms with van der Waals surface area (Å²) in [6.07, 6.45) is 30.9. The summed E-state index contributed by atoms with van der Waals surface area (Å²) in [7, 11) is 0. The average molecular weight is 411 g/mol. The third kappa shape index (κ3) is 32.1. The Hall–Kier alpha value is -0.790. The van der Waals surface area contributed by atoms with Gasteiger partial charge in [-0.2, -0.15) is 0 Å². The van der Waals surface area contributed by atoms with Gasteiger partial charge in [-0.05, 0) is 6.92 Å². The van der Waals surface area contributed by atoms with Gasteiger partial charge in [-0.1, -0.05) is 155 Å². The second-order valence-electron chi connectivity index (χ2n) is 8.80. The van der Waals surface area contributed by atoms with Crippen LogP contribution in [0.2, 0.25) is 0 Å². The summed E-state index contributed by atoms with van der Waals surface area (Å²) in [6.45, 7) is 9.20. The van der Waals surface area contributed by atoms with E-state index in [4.69, 9.17) is 5.11 Å². The first-order valence-corrected chi connectivity index (χ1v) is 12.9. The maximum Gasteiger partial charge on any atom is 0.330 e. The highest BCUT2D eigenvalue weighted by atomic mass is 16.4. The van der Waals surface area contributed by atoms with Crippen LogP contribution in [0.4, 0.5) is 0 Å². The SMILES string of the molecule is C=C(C)C(=O)O.CCCCCCCCCCCCCCCCCCCCCCC. The summed E-state index contributed by atoms with van der Waals surface area (Å²) >= 11 is 0. The minimum absolute atomic E-state index is 0.176. The van der Waals surface area contributed by atoms with Gasteiger partial charge in [0.1, 0.15) is 0 Å². The van der Waals surface area contributed by atoms with Crippen LogP contribution in [0.1, 0.15) is 156 Å². The zero-order valence-corrected chi connectivity index (χ0v) is 20.4. The van der Waals surface area contributed by atoms with Gasteiger partial charge < -0.3 is 5.11 Å². The molecule has 0 unspecified atom stereocenters. The molecule has 0 radical (unpaired) electrons. The van der Waals surface area contributed by atoms with Crippen molar-refractivity contribution in [2.45, 2.75) is 156 Å². The standard InChI is InChI=1S/C23H48.C4H6O2/c1-3-5-7-9-11-13-15-17-19-21-23-22-20-18-16-14-12-10-8-6-4-2;1-3(2)4(5)6/h3-23H2,1-2H3;1H2,2H3,(H,5,6). The fourth-order valence-corrected chi connectivity index (χ4v) is 3.51. The summed E-state index contributed by atoms with van der Waals surface area (Å²) in [5.74, 6) is -0.935. The molecule has 0 aliphatic heterocycles. The summed E-state index contributed by atoms with van der Waals surface area (Å²) in [5.41, 5.74) is 0.176. The van der Waals surface area contributed by atoms with E-state index in [1.807, 2.05) is 0 Å². The molecular formula is C27H54O2. The normalized spacial score (nSPS) is 10.4. The lowest BCUT2D eigenvalue weighted by Gasteiger charge is -2.04. The molecule has 0 aliphatic rings. The zero-order valence-electron chi connectivity index (χ0n) is 20.4. The van der Waals surface area contributed by atoms with Gasteiger partial charge in [-0.25, -0.2) is 4.79 Å². The van der Waals surface area contributed by atoms with Crippen molar-refractivity contribution in [1.29, 1.82) is 0 Å². The number of unbranched alkanes of at least 4 members (excludes halogenated alkanes) is 20. The smallest absolute Gasteiger partial charge is 0.330 e. The molecule has 2 nitrogen and oxygen atoms in total. The number of rotatable bonds is 21. The van der Waals surface area contributed by atoms with E-state index >= 15 is 0 Å². The van der Waals surface area contributed by atoms with Crippen LogP contribution in [0.3, 0.4) is 0 Å². The van der Waals surface area contributed by atoms with Crippen LogP contribution in [-0.2, 0) is 4.79 Å². The highest BCUT2D eigenvalue weighted by molar-refractivity contribution is 5.84. The van der Waals surface area contributed by atoms with Crippen LogP contribution in [0.15, 0.2) is 12.2 Å². The van der Waals surface area contributed by atoms with Gasteiger partial charge in [0.2, 0.25) is 0 Å².